The first-order valence-corrected chi connectivity index (χ1v) is 5.72. The van der Waals surface area contributed by atoms with Gasteiger partial charge < -0.3 is 4.74 Å². The van der Waals surface area contributed by atoms with Crippen LogP contribution in [0.5, 0.6) is 0 Å². The third kappa shape index (κ3) is 3.07. The molecule has 0 aromatic heterocycles. The predicted octanol–water partition coefficient (Wildman–Crippen LogP) is 3.90. The van der Waals surface area contributed by atoms with E-state index in [0.717, 1.165) is 10.8 Å². The largest absolute Gasteiger partial charge is 0.455 e. The van der Waals surface area contributed by atoms with Crippen molar-refractivity contribution >= 4 is 16.7 Å². The third-order valence-electron chi connectivity index (χ3n) is 2.70. The van der Waals surface area contributed by atoms with Crippen molar-refractivity contribution in [3.63, 3.8) is 0 Å². The van der Waals surface area contributed by atoms with Crippen LogP contribution in [0.3, 0.4) is 0 Å². The van der Waals surface area contributed by atoms with Crippen molar-refractivity contribution in [1.82, 2.24) is 0 Å². The molecule has 0 unspecified atom stereocenters. The van der Waals surface area contributed by atoms with Gasteiger partial charge in [0.1, 0.15) is 0 Å². The van der Waals surface area contributed by atoms with E-state index in [2.05, 4.69) is 4.74 Å². The molecule has 0 radical (unpaired) electrons. The minimum Gasteiger partial charge on any atom is -0.455 e. The van der Waals surface area contributed by atoms with E-state index < -0.39 is 24.9 Å². The number of ether oxygens (including phenoxy) is 1. The summed E-state index contributed by atoms with van der Waals surface area (Å²) in [6.45, 7) is -1.64. The highest BCUT2D eigenvalue weighted by molar-refractivity contribution is 5.95. The molecule has 2 rings (SSSR count). The van der Waals surface area contributed by atoms with Gasteiger partial charge in [0.2, 0.25) is 0 Å². The fourth-order valence-corrected chi connectivity index (χ4v) is 1.62. The molecule has 0 aliphatic carbocycles. The summed E-state index contributed by atoms with van der Waals surface area (Å²) in [4.78, 5) is 11.6. The second-order valence-corrected chi connectivity index (χ2v) is 4.20. The van der Waals surface area contributed by atoms with E-state index in [1.54, 1.807) is 18.2 Å². The molecule has 106 valence electrons. The van der Waals surface area contributed by atoms with Gasteiger partial charge in [-0.15, -0.1) is 0 Å². The first-order chi connectivity index (χ1) is 9.40. The SMILES string of the molecule is O=C(OCC(F)(F)C(F)F)c1ccc2ccccc2c1. The maximum absolute atomic E-state index is 12.6. The van der Waals surface area contributed by atoms with E-state index >= 15 is 0 Å². The molecule has 0 aliphatic rings. The minimum atomic E-state index is -4.34. The molecule has 0 atom stereocenters. The highest BCUT2D eigenvalue weighted by atomic mass is 19.3. The number of alkyl halides is 4. The Hall–Kier alpha value is -2.11. The van der Waals surface area contributed by atoms with E-state index in [9.17, 15) is 22.4 Å². The van der Waals surface area contributed by atoms with Gasteiger partial charge in [-0.2, -0.15) is 8.78 Å². The van der Waals surface area contributed by atoms with Crippen LogP contribution < -0.4 is 0 Å². The summed E-state index contributed by atoms with van der Waals surface area (Å²) < 4.78 is 53.4. The number of hydrogen-bond donors (Lipinski definition) is 0. The number of benzene rings is 2. The van der Waals surface area contributed by atoms with Crippen LogP contribution in [0, 0.1) is 0 Å². The van der Waals surface area contributed by atoms with Gasteiger partial charge in [0.15, 0.2) is 6.61 Å². The Morgan fingerprint density at radius 3 is 2.40 bits per heavy atom. The van der Waals surface area contributed by atoms with Crippen LogP contribution in [0.15, 0.2) is 42.5 Å². The van der Waals surface area contributed by atoms with Gasteiger partial charge in [-0.25, -0.2) is 13.6 Å². The van der Waals surface area contributed by atoms with Gasteiger partial charge in [0, 0.05) is 0 Å². The van der Waals surface area contributed by atoms with Crippen LogP contribution in [0.1, 0.15) is 10.4 Å². The molecule has 2 aromatic rings. The Morgan fingerprint density at radius 1 is 1.10 bits per heavy atom. The van der Waals surface area contributed by atoms with E-state index in [0.29, 0.717) is 0 Å². The second-order valence-electron chi connectivity index (χ2n) is 4.20. The smallest absolute Gasteiger partial charge is 0.340 e. The topological polar surface area (TPSA) is 26.3 Å². The summed E-state index contributed by atoms with van der Waals surface area (Å²) >= 11 is 0. The Bertz CT molecular complexity index is 625. The number of rotatable bonds is 4. The molecule has 0 aliphatic heterocycles. The van der Waals surface area contributed by atoms with Crippen molar-refractivity contribution in [1.29, 1.82) is 0 Å². The van der Waals surface area contributed by atoms with Crippen LogP contribution in [0.2, 0.25) is 0 Å². The molecule has 0 fully saturated rings. The monoisotopic (exact) mass is 286 g/mol. The van der Waals surface area contributed by atoms with Crippen molar-refractivity contribution in [3.8, 4) is 0 Å². The number of carbonyl (C=O) groups is 1. The molecule has 20 heavy (non-hydrogen) atoms. The molecule has 2 aromatic carbocycles. The number of hydrogen-bond acceptors (Lipinski definition) is 2. The molecule has 0 heterocycles. The maximum Gasteiger partial charge on any atom is 0.340 e. The predicted molar refractivity (Wildman–Crippen MR) is 65.2 cm³/mol. The Morgan fingerprint density at radius 2 is 1.75 bits per heavy atom. The average molecular weight is 286 g/mol. The summed E-state index contributed by atoms with van der Waals surface area (Å²) in [6, 6.07) is 11.6. The van der Waals surface area contributed by atoms with Crippen LogP contribution in [0.4, 0.5) is 17.6 Å². The fraction of sp³-hybridized carbons (Fsp3) is 0.214. The molecule has 0 saturated carbocycles. The van der Waals surface area contributed by atoms with Gasteiger partial charge in [-0.1, -0.05) is 30.3 Å². The van der Waals surface area contributed by atoms with Gasteiger partial charge >= 0.3 is 18.3 Å². The average Bonchev–Trinajstić information content (AvgIpc) is 2.44. The molecule has 0 amide bonds. The van der Waals surface area contributed by atoms with Gasteiger partial charge in [0.05, 0.1) is 5.56 Å². The second kappa shape index (κ2) is 5.48. The Kier molecular flexibility index (Phi) is 3.92. The number of fused-ring (bicyclic) bond motifs is 1. The first kappa shape index (κ1) is 14.3. The molecule has 6 heteroatoms. The quantitative estimate of drug-likeness (QED) is 0.629. The molecule has 0 spiro atoms. The lowest BCUT2D eigenvalue weighted by molar-refractivity contribution is -0.155. The van der Waals surface area contributed by atoms with Crippen molar-refractivity contribution in [2.24, 2.45) is 0 Å². The summed E-state index contributed by atoms with van der Waals surface area (Å²) in [5.41, 5.74) is 0.0359. The highest BCUT2D eigenvalue weighted by Crippen LogP contribution is 2.23. The van der Waals surface area contributed by atoms with Gasteiger partial charge in [-0.3, -0.25) is 0 Å². The lowest BCUT2D eigenvalue weighted by Crippen LogP contribution is -2.33. The molecule has 0 saturated heterocycles. The maximum atomic E-state index is 12.6. The summed E-state index contributed by atoms with van der Waals surface area (Å²) in [5.74, 6) is -5.40. The van der Waals surface area contributed by atoms with Crippen molar-refractivity contribution in [2.75, 3.05) is 6.61 Å². The van der Waals surface area contributed by atoms with E-state index in [1.165, 1.54) is 12.1 Å². The molecule has 0 bridgehead atoms. The zero-order valence-electron chi connectivity index (χ0n) is 10.2. The number of halogens is 4. The normalized spacial score (nSPS) is 11.8. The minimum absolute atomic E-state index is 0.0359. The van der Waals surface area contributed by atoms with Crippen LogP contribution >= 0.6 is 0 Å². The molecular weight excluding hydrogens is 276 g/mol. The zero-order chi connectivity index (χ0) is 14.8. The van der Waals surface area contributed by atoms with Crippen LogP contribution in [-0.2, 0) is 4.74 Å². The fourth-order valence-electron chi connectivity index (χ4n) is 1.62. The first-order valence-electron chi connectivity index (χ1n) is 5.72. The van der Waals surface area contributed by atoms with E-state index in [1.807, 2.05) is 12.1 Å². The lowest BCUT2D eigenvalue weighted by atomic mass is 10.1. The van der Waals surface area contributed by atoms with Crippen LogP contribution in [-0.4, -0.2) is 24.9 Å². The van der Waals surface area contributed by atoms with E-state index in [-0.39, 0.29) is 5.56 Å². The highest BCUT2D eigenvalue weighted by Gasteiger charge is 2.42. The summed E-state index contributed by atoms with van der Waals surface area (Å²) in [5, 5.41) is 1.59. The Labute approximate surface area is 112 Å². The lowest BCUT2D eigenvalue weighted by Gasteiger charge is -2.15. The summed E-state index contributed by atoms with van der Waals surface area (Å²) in [7, 11) is 0. The molecule has 0 N–H and O–H groups in total. The third-order valence-corrected chi connectivity index (χ3v) is 2.70. The van der Waals surface area contributed by atoms with Crippen LogP contribution in [0.25, 0.3) is 10.8 Å². The summed E-state index contributed by atoms with van der Waals surface area (Å²) in [6.07, 6.45) is -3.87. The van der Waals surface area contributed by atoms with Crippen molar-refractivity contribution in [3.05, 3.63) is 48.0 Å². The standard InChI is InChI=1S/C14H10F4O2/c15-13(16)14(17,18)8-20-12(19)11-6-5-9-3-1-2-4-10(9)7-11/h1-7,13H,8H2. The Balaban J connectivity index is 2.12. The number of carbonyl (C=O) groups excluding carboxylic acids is 1. The van der Waals surface area contributed by atoms with Gasteiger partial charge in [-0.05, 0) is 22.9 Å². The molecular formula is C14H10F4O2. The van der Waals surface area contributed by atoms with Crippen molar-refractivity contribution < 1.29 is 27.1 Å². The zero-order valence-corrected chi connectivity index (χ0v) is 10.2. The van der Waals surface area contributed by atoms with E-state index in [4.69, 9.17) is 0 Å². The molecule has 2 nitrogen and oxygen atoms in total. The van der Waals surface area contributed by atoms with Gasteiger partial charge in [0.25, 0.3) is 0 Å². The number of esters is 1. The van der Waals surface area contributed by atoms with Crippen molar-refractivity contribution in [2.45, 2.75) is 12.3 Å².